The van der Waals surface area contributed by atoms with E-state index in [1.807, 2.05) is 90.7 Å². The molecule has 0 aromatic heterocycles. The predicted octanol–water partition coefficient (Wildman–Crippen LogP) is 4.58. The van der Waals surface area contributed by atoms with Gasteiger partial charge in [-0.05, 0) is 47.9 Å². The van der Waals surface area contributed by atoms with E-state index in [0.29, 0.717) is 31.0 Å². The molecule has 1 atom stereocenters. The summed E-state index contributed by atoms with van der Waals surface area (Å²) in [6, 6.07) is 25.3. The maximum absolute atomic E-state index is 12.5. The van der Waals surface area contributed by atoms with Gasteiger partial charge in [-0.15, -0.1) is 11.8 Å². The molecule has 2 amide bonds. The van der Waals surface area contributed by atoms with Crippen LogP contribution in [0.15, 0.2) is 78.9 Å². The number of rotatable bonds is 8. The summed E-state index contributed by atoms with van der Waals surface area (Å²) in [5.41, 5.74) is 3.86. The molecule has 0 saturated carbocycles. The summed E-state index contributed by atoms with van der Waals surface area (Å²) < 4.78 is 5.68. The van der Waals surface area contributed by atoms with Crippen molar-refractivity contribution in [1.29, 1.82) is 0 Å². The average Bonchev–Trinajstić information content (AvgIpc) is 3.17. The molecule has 3 aromatic carbocycles. The van der Waals surface area contributed by atoms with Gasteiger partial charge in [-0.25, -0.2) is 0 Å². The molecule has 164 valence electrons. The maximum atomic E-state index is 12.5. The van der Waals surface area contributed by atoms with Crippen molar-refractivity contribution < 1.29 is 14.3 Å². The molecule has 0 unspecified atom stereocenters. The lowest BCUT2D eigenvalue weighted by Crippen LogP contribution is -2.28. The van der Waals surface area contributed by atoms with Crippen LogP contribution in [0.3, 0.4) is 0 Å². The standard InChI is InChI=1S/C26H26N2O3S/c1-19-6-5-9-23(16-19)31-15-14-27-25(30)21-10-12-22(13-11-21)26-28(24(29)18-32-26)17-20-7-3-2-4-8-20/h2-13,16,26H,14-15,17-18H2,1H3,(H,27,30)/t26-/m1/s1. The fourth-order valence-corrected chi connectivity index (χ4v) is 4.81. The number of hydrogen-bond donors (Lipinski definition) is 1. The predicted molar refractivity (Wildman–Crippen MR) is 128 cm³/mol. The van der Waals surface area contributed by atoms with Gasteiger partial charge < -0.3 is 15.0 Å². The highest BCUT2D eigenvalue weighted by atomic mass is 32.2. The van der Waals surface area contributed by atoms with Crippen LogP contribution in [0.4, 0.5) is 0 Å². The highest BCUT2D eigenvalue weighted by molar-refractivity contribution is 8.00. The van der Waals surface area contributed by atoms with E-state index in [4.69, 9.17) is 4.74 Å². The first-order valence-corrected chi connectivity index (χ1v) is 11.7. The first kappa shape index (κ1) is 22.0. The lowest BCUT2D eigenvalue weighted by Gasteiger charge is -2.24. The molecule has 1 aliphatic rings. The second kappa shape index (κ2) is 10.4. The van der Waals surface area contributed by atoms with E-state index >= 15 is 0 Å². The summed E-state index contributed by atoms with van der Waals surface area (Å²) in [5, 5.41) is 2.85. The quantitative estimate of drug-likeness (QED) is 0.515. The Morgan fingerprint density at radius 1 is 1.06 bits per heavy atom. The number of carbonyl (C=O) groups excluding carboxylic acids is 2. The van der Waals surface area contributed by atoms with E-state index in [1.165, 1.54) is 0 Å². The minimum Gasteiger partial charge on any atom is -0.492 e. The van der Waals surface area contributed by atoms with E-state index in [-0.39, 0.29) is 17.2 Å². The Morgan fingerprint density at radius 3 is 2.59 bits per heavy atom. The second-order valence-electron chi connectivity index (χ2n) is 7.71. The highest BCUT2D eigenvalue weighted by Gasteiger charge is 2.32. The zero-order chi connectivity index (χ0) is 22.3. The molecule has 1 fully saturated rings. The molecule has 6 heteroatoms. The first-order valence-electron chi connectivity index (χ1n) is 10.6. The molecular weight excluding hydrogens is 420 g/mol. The van der Waals surface area contributed by atoms with Gasteiger partial charge in [0.25, 0.3) is 5.91 Å². The van der Waals surface area contributed by atoms with Gasteiger partial charge in [-0.3, -0.25) is 9.59 Å². The van der Waals surface area contributed by atoms with E-state index < -0.39 is 0 Å². The summed E-state index contributed by atoms with van der Waals surface area (Å²) in [5.74, 6) is 1.27. The number of nitrogens with zero attached hydrogens (tertiary/aromatic N) is 1. The highest BCUT2D eigenvalue weighted by Crippen LogP contribution is 2.39. The number of carbonyl (C=O) groups is 2. The lowest BCUT2D eigenvalue weighted by atomic mass is 10.1. The van der Waals surface area contributed by atoms with Crippen molar-refractivity contribution in [1.82, 2.24) is 10.2 Å². The Kier molecular flexibility index (Phi) is 7.12. The van der Waals surface area contributed by atoms with E-state index in [1.54, 1.807) is 11.8 Å². The number of aryl methyl sites for hydroxylation is 1. The molecule has 1 N–H and O–H groups in total. The van der Waals surface area contributed by atoms with Gasteiger partial charge in [0.2, 0.25) is 5.91 Å². The summed E-state index contributed by atoms with van der Waals surface area (Å²) in [6.45, 7) is 3.43. The van der Waals surface area contributed by atoms with Crippen LogP contribution in [0.1, 0.15) is 32.4 Å². The number of ether oxygens (including phenoxy) is 1. The van der Waals surface area contributed by atoms with E-state index in [9.17, 15) is 9.59 Å². The number of benzene rings is 3. The molecule has 0 radical (unpaired) electrons. The van der Waals surface area contributed by atoms with Gasteiger partial charge in [0, 0.05) is 12.1 Å². The largest absolute Gasteiger partial charge is 0.492 e. The summed E-state index contributed by atoms with van der Waals surface area (Å²) in [4.78, 5) is 26.8. The molecule has 1 saturated heterocycles. The molecule has 5 nitrogen and oxygen atoms in total. The molecule has 1 heterocycles. The third-order valence-corrected chi connectivity index (χ3v) is 6.52. The van der Waals surface area contributed by atoms with Crippen LogP contribution < -0.4 is 10.1 Å². The lowest BCUT2D eigenvalue weighted by molar-refractivity contribution is -0.128. The average molecular weight is 447 g/mol. The monoisotopic (exact) mass is 446 g/mol. The minimum atomic E-state index is -0.138. The maximum Gasteiger partial charge on any atom is 0.251 e. The molecule has 0 aliphatic carbocycles. The van der Waals surface area contributed by atoms with Gasteiger partial charge in [-0.2, -0.15) is 0 Å². The van der Waals surface area contributed by atoms with Gasteiger partial charge in [-0.1, -0.05) is 54.6 Å². The fourth-order valence-electron chi connectivity index (χ4n) is 3.62. The van der Waals surface area contributed by atoms with Crippen LogP contribution >= 0.6 is 11.8 Å². The van der Waals surface area contributed by atoms with E-state index in [0.717, 1.165) is 22.4 Å². The zero-order valence-electron chi connectivity index (χ0n) is 18.0. The summed E-state index contributed by atoms with van der Waals surface area (Å²) in [7, 11) is 0. The number of nitrogens with one attached hydrogen (secondary N) is 1. The Bertz CT molecular complexity index is 1070. The van der Waals surface area contributed by atoms with Crippen LogP contribution in [0.5, 0.6) is 5.75 Å². The minimum absolute atomic E-state index is 0.0393. The van der Waals surface area contributed by atoms with Crippen molar-refractivity contribution in [3.05, 3.63) is 101 Å². The normalized spacial score (nSPS) is 15.6. The van der Waals surface area contributed by atoms with Crippen LogP contribution in [0.25, 0.3) is 0 Å². The number of amides is 2. The summed E-state index contributed by atoms with van der Waals surface area (Å²) in [6.07, 6.45) is 0. The van der Waals surface area contributed by atoms with Gasteiger partial charge in [0.05, 0.1) is 12.3 Å². The molecule has 1 aliphatic heterocycles. The number of thioether (sulfide) groups is 1. The Labute approximate surface area is 192 Å². The topological polar surface area (TPSA) is 58.6 Å². The number of hydrogen-bond acceptors (Lipinski definition) is 4. The Balaban J connectivity index is 1.31. The zero-order valence-corrected chi connectivity index (χ0v) is 18.8. The van der Waals surface area contributed by atoms with Crippen molar-refractivity contribution in [2.75, 3.05) is 18.9 Å². The molecule has 3 aromatic rings. The van der Waals surface area contributed by atoms with Crippen molar-refractivity contribution in [3.8, 4) is 5.75 Å². The fraction of sp³-hybridized carbons (Fsp3) is 0.231. The van der Waals surface area contributed by atoms with Crippen molar-refractivity contribution in [2.24, 2.45) is 0 Å². The third-order valence-electron chi connectivity index (χ3n) is 5.27. The van der Waals surface area contributed by atoms with Gasteiger partial charge in [0.15, 0.2) is 0 Å². The van der Waals surface area contributed by atoms with E-state index in [2.05, 4.69) is 5.32 Å². The Morgan fingerprint density at radius 2 is 1.84 bits per heavy atom. The molecule has 32 heavy (non-hydrogen) atoms. The van der Waals surface area contributed by atoms with Crippen molar-refractivity contribution in [3.63, 3.8) is 0 Å². The molecular formula is C26H26N2O3S. The molecule has 4 rings (SSSR count). The van der Waals surface area contributed by atoms with Crippen LogP contribution in [0, 0.1) is 6.92 Å². The Hall–Kier alpha value is -3.25. The van der Waals surface area contributed by atoms with Crippen LogP contribution in [0.2, 0.25) is 0 Å². The van der Waals surface area contributed by atoms with Gasteiger partial charge in [0.1, 0.15) is 17.7 Å². The molecule has 0 spiro atoms. The van der Waals surface area contributed by atoms with Crippen molar-refractivity contribution in [2.45, 2.75) is 18.8 Å². The van der Waals surface area contributed by atoms with Crippen LogP contribution in [-0.4, -0.2) is 35.6 Å². The van der Waals surface area contributed by atoms with Gasteiger partial charge >= 0.3 is 0 Å². The SMILES string of the molecule is Cc1cccc(OCCNC(=O)c2ccc([C@H]3SCC(=O)N3Cc3ccccc3)cc2)c1. The molecule has 0 bridgehead atoms. The third kappa shape index (κ3) is 5.51. The smallest absolute Gasteiger partial charge is 0.251 e. The van der Waals surface area contributed by atoms with Crippen LogP contribution in [-0.2, 0) is 11.3 Å². The van der Waals surface area contributed by atoms with Crippen molar-refractivity contribution >= 4 is 23.6 Å². The first-order chi connectivity index (χ1) is 15.6. The second-order valence-corrected chi connectivity index (χ2v) is 8.78. The summed E-state index contributed by atoms with van der Waals surface area (Å²) >= 11 is 1.62.